The van der Waals surface area contributed by atoms with Gasteiger partial charge in [0.05, 0.1) is 28.8 Å². The van der Waals surface area contributed by atoms with Crippen LogP contribution in [0.15, 0.2) is 19.2 Å². The fourth-order valence-corrected chi connectivity index (χ4v) is 9.23. The molecule has 8 atom stereocenters. The number of thioether (sulfide) groups is 2. The van der Waals surface area contributed by atoms with E-state index in [1.807, 2.05) is 26.4 Å². The summed E-state index contributed by atoms with van der Waals surface area (Å²) < 4.78 is 20.6. The number of ether oxygens (including phenoxy) is 3. The highest BCUT2D eigenvalue weighted by Crippen LogP contribution is 2.40. The van der Waals surface area contributed by atoms with Crippen LogP contribution in [-0.2, 0) is 19.0 Å². The number of rotatable bonds is 9. The fraction of sp³-hybridized carbons (Fsp3) is 0.607. The quantitative estimate of drug-likeness (QED) is 0.152. The third-order valence-electron chi connectivity index (χ3n) is 8.27. The van der Waals surface area contributed by atoms with Crippen molar-refractivity contribution in [2.45, 2.75) is 93.8 Å². The van der Waals surface area contributed by atoms with Gasteiger partial charge in [0.2, 0.25) is 11.9 Å². The third kappa shape index (κ3) is 7.47. The molecule has 6 heterocycles. The number of thiazole rings is 2. The van der Waals surface area contributed by atoms with E-state index in [9.17, 15) is 29.1 Å². The zero-order valence-corrected chi connectivity index (χ0v) is 30.5. The van der Waals surface area contributed by atoms with Crippen molar-refractivity contribution in [1.82, 2.24) is 29.1 Å². The predicted octanol–water partition coefficient (Wildman–Crippen LogP) is 1.61. The molecule has 0 bridgehead atoms. The Balaban J connectivity index is 0.000000192. The molecular formula is C28H38N8O9S4. The summed E-state index contributed by atoms with van der Waals surface area (Å²) in [5.74, 6) is -0.475. The second-order valence-corrected chi connectivity index (χ2v) is 15.4. The topological polar surface area (TPSA) is 253 Å². The van der Waals surface area contributed by atoms with Crippen molar-refractivity contribution in [2.24, 2.45) is 0 Å². The first-order valence-electron chi connectivity index (χ1n) is 15.3. The molecule has 268 valence electrons. The van der Waals surface area contributed by atoms with E-state index in [4.69, 9.17) is 25.7 Å². The molecule has 6 rings (SSSR count). The number of H-pyrrole nitrogens is 2. The smallest absolute Gasteiger partial charge is 0.311 e. The fourth-order valence-electron chi connectivity index (χ4n) is 5.94. The number of fused-ring (bicyclic) bond motifs is 2. The largest absolute Gasteiger partial charge is 0.460 e. The third-order valence-corrected chi connectivity index (χ3v) is 12.2. The number of nitrogens with one attached hydrogen (secondary N) is 2. The van der Waals surface area contributed by atoms with E-state index in [-0.39, 0.29) is 71.0 Å². The van der Waals surface area contributed by atoms with Gasteiger partial charge in [-0.1, -0.05) is 36.5 Å². The maximum absolute atomic E-state index is 12.5. The number of aliphatic hydroxyl groups excluding tert-OH is 1. The average molecular weight is 759 g/mol. The van der Waals surface area contributed by atoms with E-state index in [1.54, 1.807) is 23.5 Å². The molecule has 2 aliphatic rings. The zero-order valence-electron chi connectivity index (χ0n) is 27.2. The maximum Gasteiger partial charge on any atom is 0.311 e. The summed E-state index contributed by atoms with van der Waals surface area (Å²) in [6, 6.07) is 0. The summed E-state index contributed by atoms with van der Waals surface area (Å²) in [4.78, 5) is 72.6. The average Bonchev–Trinajstić information content (AvgIpc) is 3.82. The molecule has 4 aromatic rings. The molecule has 4 aromatic heterocycles. The molecule has 2 unspecified atom stereocenters. The summed E-state index contributed by atoms with van der Waals surface area (Å²) in [7, 11) is 0. The molecular weight excluding hydrogens is 721 g/mol. The molecule has 2 aliphatic heterocycles. The number of nitrogens with two attached hydrogens (primary N) is 2. The highest BCUT2D eigenvalue weighted by atomic mass is 32.2. The number of hydrogen-bond acceptors (Lipinski definition) is 17. The monoisotopic (exact) mass is 758 g/mol. The van der Waals surface area contributed by atoms with Crippen LogP contribution in [0.5, 0.6) is 0 Å². The van der Waals surface area contributed by atoms with Crippen LogP contribution in [0.25, 0.3) is 20.7 Å². The van der Waals surface area contributed by atoms with Crippen LogP contribution in [0, 0.1) is 0 Å². The van der Waals surface area contributed by atoms with Crippen LogP contribution >= 0.6 is 46.2 Å². The summed E-state index contributed by atoms with van der Waals surface area (Å²) in [5, 5.41) is 9.98. The molecule has 49 heavy (non-hydrogen) atoms. The van der Waals surface area contributed by atoms with Crippen molar-refractivity contribution < 1.29 is 24.1 Å². The minimum absolute atomic E-state index is 0.0148. The number of nitrogens with zero attached hydrogens (tertiary/aromatic N) is 4. The molecule has 0 amide bonds. The van der Waals surface area contributed by atoms with Crippen LogP contribution < -0.4 is 32.3 Å². The number of aromatic nitrogens is 6. The lowest BCUT2D eigenvalue weighted by atomic mass is 10.1. The van der Waals surface area contributed by atoms with Gasteiger partial charge in [-0.25, -0.2) is 0 Å². The molecule has 0 aliphatic carbocycles. The Hall–Kier alpha value is -3.21. The molecule has 7 N–H and O–H groups in total. The Kier molecular flexibility index (Phi) is 11.6. The molecule has 2 saturated heterocycles. The summed E-state index contributed by atoms with van der Waals surface area (Å²) in [5.41, 5.74) is 10.8. The maximum atomic E-state index is 12.5. The molecule has 0 saturated carbocycles. The van der Waals surface area contributed by atoms with Crippen LogP contribution in [0.1, 0.15) is 58.9 Å². The SMILES string of the molecule is CCC(O)[C@@H]1C[C@@H](SC)[C@H](n2c(=O)sc3c(=O)[nH]c(N)nc32)O1.CCC(OC(C)=O)[C@@H]1C[C@@H](SC)[C@H](n2c(=O)sc3c(=O)[nH]c(N)nc32)O1. The van der Waals surface area contributed by atoms with Crippen molar-refractivity contribution in [1.29, 1.82) is 0 Å². The molecule has 21 heteroatoms. The van der Waals surface area contributed by atoms with Crippen LogP contribution in [0.3, 0.4) is 0 Å². The van der Waals surface area contributed by atoms with Gasteiger partial charge in [0.15, 0.2) is 23.8 Å². The van der Waals surface area contributed by atoms with Crippen molar-refractivity contribution in [3.63, 3.8) is 0 Å². The number of esters is 1. The molecule has 0 radical (unpaired) electrons. The molecule has 17 nitrogen and oxygen atoms in total. The number of carbonyl (C=O) groups is 1. The first-order valence-corrected chi connectivity index (χ1v) is 19.6. The van der Waals surface area contributed by atoms with E-state index in [0.717, 1.165) is 22.7 Å². The van der Waals surface area contributed by atoms with Gasteiger partial charge in [-0.3, -0.25) is 43.1 Å². The van der Waals surface area contributed by atoms with E-state index >= 15 is 0 Å². The second-order valence-electron chi connectivity index (χ2n) is 11.4. The van der Waals surface area contributed by atoms with E-state index < -0.39 is 35.8 Å². The van der Waals surface area contributed by atoms with Gasteiger partial charge in [0.1, 0.15) is 15.5 Å². The normalized spacial score (nSPS) is 24.9. The number of aromatic amines is 2. The summed E-state index contributed by atoms with van der Waals surface area (Å²) >= 11 is 4.74. The van der Waals surface area contributed by atoms with Gasteiger partial charge in [-0.15, -0.1) is 0 Å². The van der Waals surface area contributed by atoms with Crippen molar-refractivity contribution >= 4 is 84.8 Å². The van der Waals surface area contributed by atoms with E-state index in [2.05, 4.69) is 19.9 Å². The van der Waals surface area contributed by atoms with Gasteiger partial charge >= 0.3 is 15.7 Å². The zero-order chi connectivity index (χ0) is 35.7. The number of nitrogen functional groups attached to an aromatic ring is 2. The van der Waals surface area contributed by atoms with Gasteiger partial charge in [-0.05, 0) is 38.2 Å². The Morgan fingerprint density at radius 2 is 1.35 bits per heavy atom. The van der Waals surface area contributed by atoms with Crippen LogP contribution in [0.2, 0.25) is 0 Å². The summed E-state index contributed by atoms with van der Waals surface area (Å²) in [6.07, 6.45) is 3.40. The lowest BCUT2D eigenvalue weighted by Crippen LogP contribution is -2.31. The lowest BCUT2D eigenvalue weighted by Gasteiger charge is -2.22. The Labute approximate surface area is 294 Å². The Bertz CT molecular complexity index is 2060. The molecule has 0 aromatic carbocycles. The van der Waals surface area contributed by atoms with Crippen molar-refractivity contribution in [2.75, 3.05) is 24.0 Å². The molecule has 0 spiro atoms. The lowest BCUT2D eigenvalue weighted by molar-refractivity contribution is -0.156. The van der Waals surface area contributed by atoms with Crippen molar-refractivity contribution in [3.05, 3.63) is 40.0 Å². The van der Waals surface area contributed by atoms with Crippen LogP contribution in [0.4, 0.5) is 11.9 Å². The second kappa shape index (κ2) is 15.4. The minimum atomic E-state index is -0.616. The van der Waals surface area contributed by atoms with Gasteiger partial charge < -0.3 is 30.8 Å². The Morgan fingerprint density at radius 3 is 1.76 bits per heavy atom. The Morgan fingerprint density at radius 1 is 0.898 bits per heavy atom. The first-order chi connectivity index (χ1) is 23.3. The number of aliphatic hydroxyl groups is 1. The molecule has 2 fully saturated rings. The van der Waals surface area contributed by atoms with Gasteiger partial charge in [0.25, 0.3) is 11.1 Å². The highest BCUT2D eigenvalue weighted by Gasteiger charge is 2.43. The van der Waals surface area contributed by atoms with E-state index in [1.165, 1.54) is 16.1 Å². The number of carbonyl (C=O) groups excluding carboxylic acids is 1. The standard InChI is InChI=1S/C15H20N4O5S2.C13H18N4O4S2/c1-4-7(23-6(2)20)8-5-9(25-3)13(24-8)19-11-10(26-15(19)22)12(21)18-14(16)17-11;1-3-5(18)6-4-7(22-2)11(21-6)17-9-8(23-13(17)20)10(19)16-12(14)15-9/h7-9,13H,4-5H2,1-3H3,(H3,16,17,18,21);5-7,11,18H,3-4H2,1-2H3,(H3,14,15,16,19)/t7?,8-,9+,13+;5?,6-,7+,11+/m00/s1. The number of hydrogen-bond donors (Lipinski definition) is 5. The minimum Gasteiger partial charge on any atom is -0.460 e. The summed E-state index contributed by atoms with van der Waals surface area (Å²) in [6.45, 7) is 5.15. The first kappa shape index (κ1) is 37.1. The highest BCUT2D eigenvalue weighted by molar-refractivity contribution is 7.99. The van der Waals surface area contributed by atoms with Crippen molar-refractivity contribution in [3.8, 4) is 0 Å². The van der Waals surface area contributed by atoms with Crippen LogP contribution in [-0.4, -0.2) is 87.6 Å². The van der Waals surface area contributed by atoms with E-state index in [0.29, 0.717) is 25.7 Å². The predicted molar refractivity (Wildman–Crippen MR) is 192 cm³/mol. The van der Waals surface area contributed by atoms with Gasteiger partial charge in [-0.2, -0.15) is 33.5 Å². The number of anilines is 2. The van der Waals surface area contributed by atoms with Gasteiger partial charge in [0, 0.05) is 6.92 Å².